The molecule has 122 valence electrons. The number of nitrogens with one attached hydrogen (secondary N) is 3. The van der Waals surface area contributed by atoms with E-state index in [0.29, 0.717) is 17.3 Å². The predicted molar refractivity (Wildman–Crippen MR) is 87.5 cm³/mol. The first-order valence-electron chi connectivity index (χ1n) is 7.55. The van der Waals surface area contributed by atoms with Gasteiger partial charge in [0.1, 0.15) is 0 Å². The second kappa shape index (κ2) is 7.11. The van der Waals surface area contributed by atoms with Gasteiger partial charge in [-0.05, 0) is 45.4 Å². The highest BCUT2D eigenvalue weighted by molar-refractivity contribution is 7.92. The van der Waals surface area contributed by atoms with Gasteiger partial charge in [0, 0.05) is 12.1 Å². The Morgan fingerprint density at radius 1 is 1.36 bits per heavy atom. The predicted octanol–water partition coefficient (Wildman–Crippen LogP) is 1.32. The fraction of sp³-hybridized carbons (Fsp3) is 0.533. The van der Waals surface area contributed by atoms with E-state index in [1.807, 2.05) is 0 Å². The smallest absolute Gasteiger partial charge is 0.253 e. The van der Waals surface area contributed by atoms with Crippen molar-refractivity contribution in [3.05, 3.63) is 29.8 Å². The van der Waals surface area contributed by atoms with E-state index in [0.717, 1.165) is 19.4 Å². The molecular formula is C15H23N3O3S. The first kappa shape index (κ1) is 16.8. The summed E-state index contributed by atoms with van der Waals surface area (Å²) in [6.45, 7) is 4.51. The largest absolute Gasteiger partial charge is 0.349 e. The van der Waals surface area contributed by atoms with Gasteiger partial charge in [-0.2, -0.15) is 0 Å². The zero-order valence-corrected chi connectivity index (χ0v) is 13.7. The van der Waals surface area contributed by atoms with Gasteiger partial charge in [-0.3, -0.25) is 9.52 Å². The lowest BCUT2D eigenvalue weighted by Crippen LogP contribution is -2.46. The van der Waals surface area contributed by atoms with Crippen LogP contribution in [0.25, 0.3) is 0 Å². The number of carbonyl (C=O) groups excluding carboxylic acids is 1. The van der Waals surface area contributed by atoms with Crippen LogP contribution in [0.4, 0.5) is 5.69 Å². The molecule has 0 aromatic heterocycles. The van der Waals surface area contributed by atoms with Crippen molar-refractivity contribution in [3.63, 3.8) is 0 Å². The molecule has 0 spiro atoms. The lowest BCUT2D eigenvalue weighted by molar-refractivity contribution is 0.0926. The molecule has 0 bridgehead atoms. The molecular weight excluding hydrogens is 302 g/mol. The molecule has 1 saturated heterocycles. The minimum Gasteiger partial charge on any atom is -0.349 e. The zero-order chi connectivity index (χ0) is 16.2. The lowest BCUT2D eigenvalue weighted by Gasteiger charge is -2.28. The van der Waals surface area contributed by atoms with Gasteiger partial charge in [-0.15, -0.1) is 0 Å². The van der Waals surface area contributed by atoms with Gasteiger partial charge in [-0.1, -0.05) is 12.1 Å². The van der Waals surface area contributed by atoms with Gasteiger partial charge < -0.3 is 10.6 Å². The Morgan fingerprint density at radius 3 is 2.77 bits per heavy atom. The van der Waals surface area contributed by atoms with E-state index < -0.39 is 10.0 Å². The molecule has 2 atom stereocenters. The summed E-state index contributed by atoms with van der Waals surface area (Å²) in [6, 6.07) is 7.15. The van der Waals surface area contributed by atoms with Crippen molar-refractivity contribution in [3.8, 4) is 0 Å². The van der Waals surface area contributed by atoms with Crippen LogP contribution in [0.15, 0.2) is 24.3 Å². The summed E-state index contributed by atoms with van der Waals surface area (Å²) in [6.07, 6.45) is 1.74. The second-order valence-corrected chi connectivity index (χ2v) is 7.61. The fourth-order valence-corrected chi connectivity index (χ4v) is 3.19. The van der Waals surface area contributed by atoms with Crippen LogP contribution in [0, 0.1) is 0 Å². The monoisotopic (exact) mass is 325 g/mol. The lowest BCUT2D eigenvalue weighted by atomic mass is 10.00. The Labute approximate surface area is 131 Å². The van der Waals surface area contributed by atoms with Gasteiger partial charge in [0.2, 0.25) is 10.0 Å². The summed E-state index contributed by atoms with van der Waals surface area (Å²) in [5.41, 5.74) is 0.676. The Bertz CT molecular complexity index is 631. The highest BCUT2D eigenvalue weighted by Crippen LogP contribution is 2.18. The first-order chi connectivity index (χ1) is 10.4. The molecule has 7 heteroatoms. The van der Waals surface area contributed by atoms with Crippen molar-refractivity contribution in [2.45, 2.75) is 38.8 Å². The van der Waals surface area contributed by atoms with Crippen LogP contribution in [-0.4, -0.2) is 38.7 Å². The number of carbonyl (C=O) groups is 1. The number of rotatable bonds is 5. The summed E-state index contributed by atoms with van der Waals surface area (Å²) in [7, 11) is -3.41. The van der Waals surface area contributed by atoms with Crippen LogP contribution in [0.3, 0.4) is 0 Å². The van der Waals surface area contributed by atoms with E-state index >= 15 is 0 Å². The first-order valence-corrected chi connectivity index (χ1v) is 9.20. The van der Waals surface area contributed by atoms with Crippen LogP contribution >= 0.6 is 0 Å². The number of benzene rings is 1. The summed E-state index contributed by atoms with van der Waals surface area (Å²) in [5, 5.41) is 6.33. The maximum atomic E-state index is 12.4. The third-order valence-corrected chi connectivity index (χ3v) is 5.07. The Kier molecular flexibility index (Phi) is 5.42. The van der Waals surface area contributed by atoms with E-state index in [9.17, 15) is 13.2 Å². The van der Waals surface area contributed by atoms with Gasteiger partial charge >= 0.3 is 0 Å². The van der Waals surface area contributed by atoms with Crippen LogP contribution in [0.5, 0.6) is 0 Å². The molecule has 1 fully saturated rings. The maximum absolute atomic E-state index is 12.4. The molecule has 2 unspecified atom stereocenters. The van der Waals surface area contributed by atoms with Crippen LogP contribution in [0.2, 0.25) is 0 Å². The highest BCUT2D eigenvalue weighted by atomic mass is 32.2. The Balaban J connectivity index is 2.12. The summed E-state index contributed by atoms with van der Waals surface area (Å²) in [5.74, 6) is -0.275. The van der Waals surface area contributed by atoms with Crippen molar-refractivity contribution < 1.29 is 13.2 Å². The summed E-state index contributed by atoms with van der Waals surface area (Å²) >= 11 is 0. The van der Waals surface area contributed by atoms with E-state index in [1.165, 1.54) is 0 Å². The molecule has 0 radical (unpaired) electrons. The average molecular weight is 325 g/mol. The maximum Gasteiger partial charge on any atom is 0.253 e. The molecule has 6 nitrogen and oxygen atoms in total. The third kappa shape index (κ3) is 4.45. The highest BCUT2D eigenvalue weighted by Gasteiger charge is 2.22. The molecule has 1 aromatic rings. The second-order valence-electron chi connectivity index (χ2n) is 5.60. The number of para-hydroxylation sites is 1. The average Bonchev–Trinajstić information content (AvgIpc) is 2.47. The number of hydrogen-bond donors (Lipinski definition) is 3. The van der Waals surface area contributed by atoms with Gasteiger partial charge in [0.15, 0.2) is 0 Å². The van der Waals surface area contributed by atoms with Crippen LogP contribution < -0.4 is 15.4 Å². The Hall–Kier alpha value is -1.60. The quantitative estimate of drug-likeness (QED) is 0.762. The number of anilines is 1. The summed E-state index contributed by atoms with van der Waals surface area (Å²) < 4.78 is 25.9. The van der Waals surface area contributed by atoms with E-state index in [1.54, 1.807) is 31.2 Å². The third-order valence-electron chi connectivity index (χ3n) is 3.78. The molecule has 1 heterocycles. The van der Waals surface area contributed by atoms with E-state index in [4.69, 9.17) is 0 Å². The molecule has 1 amide bonds. The fourth-order valence-electron chi connectivity index (χ4n) is 2.54. The van der Waals surface area contributed by atoms with Crippen molar-refractivity contribution in [2.75, 3.05) is 17.0 Å². The molecule has 3 N–H and O–H groups in total. The normalized spacial score (nSPS) is 22.1. The van der Waals surface area contributed by atoms with E-state index in [-0.39, 0.29) is 17.7 Å². The van der Waals surface area contributed by atoms with Gasteiger partial charge in [-0.25, -0.2) is 8.42 Å². The number of piperidine rings is 1. The zero-order valence-electron chi connectivity index (χ0n) is 12.9. The topological polar surface area (TPSA) is 87.3 Å². The van der Waals surface area contributed by atoms with Crippen molar-refractivity contribution in [2.24, 2.45) is 0 Å². The minimum absolute atomic E-state index is 0.0330. The molecule has 0 aliphatic carbocycles. The molecule has 1 aliphatic rings. The molecule has 2 rings (SSSR count). The number of sulfonamides is 1. The molecule has 22 heavy (non-hydrogen) atoms. The van der Waals surface area contributed by atoms with Crippen molar-refractivity contribution in [1.29, 1.82) is 0 Å². The van der Waals surface area contributed by atoms with Gasteiger partial charge in [0.25, 0.3) is 5.91 Å². The Morgan fingerprint density at radius 2 is 2.09 bits per heavy atom. The number of hydrogen-bond acceptors (Lipinski definition) is 4. The van der Waals surface area contributed by atoms with E-state index in [2.05, 4.69) is 22.3 Å². The van der Waals surface area contributed by atoms with Crippen molar-refractivity contribution in [1.82, 2.24) is 10.6 Å². The standard InChI is InChI=1S/C15H23N3O3S/c1-3-22(20,21)18-14-7-5-4-6-13(14)15(19)17-12-8-9-16-11(2)10-12/h4-7,11-12,16,18H,3,8-10H2,1-2H3,(H,17,19). The number of amides is 1. The van der Waals surface area contributed by atoms with Crippen LogP contribution in [-0.2, 0) is 10.0 Å². The van der Waals surface area contributed by atoms with Crippen molar-refractivity contribution >= 4 is 21.6 Å². The van der Waals surface area contributed by atoms with Gasteiger partial charge in [0.05, 0.1) is 17.0 Å². The van der Waals surface area contributed by atoms with Crippen LogP contribution in [0.1, 0.15) is 37.0 Å². The SMILES string of the molecule is CCS(=O)(=O)Nc1ccccc1C(=O)NC1CCNC(C)C1. The summed E-state index contributed by atoms with van der Waals surface area (Å²) in [4.78, 5) is 12.4. The molecule has 1 aliphatic heterocycles. The minimum atomic E-state index is -3.41. The molecule has 0 saturated carbocycles. The molecule has 1 aromatic carbocycles.